The number of rotatable bonds is 8. The van der Waals surface area contributed by atoms with Crippen LogP contribution in [0.3, 0.4) is 0 Å². The Hall–Kier alpha value is -4.26. The number of carbonyl (C=O) groups excluding carboxylic acids is 2. The number of hydrogen-bond donors (Lipinski definition) is 2. The Morgan fingerprint density at radius 1 is 1.12 bits per heavy atom. The molecule has 1 saturated heterocycles. The number of alkyl halides is 3. The van der Waals surface area contributed by atoms with Gasteiger partial charge in [-0.2, -0.15) is 22.0 Å². The number of carbonyl (C=O) groups is 2. The number of anilines is 1. The van der Waals surface area contributed by atoms with Gasteiger partial charge in [-0.15, -0.1) is 0 Å². The molecule has 2 heterocycles. The molecule has 218 valence electrons. The summed E-state index contributed by atoms with van der Waals surface area (Å²) in [4.78, 5) is 28.6. The number of nitrogens with one attached hydrogen (secondary N) is 1. The van der Waals surface area contributed by atoms with Crippen LogP contribution in [0.1, 0.15) is 41.4 Å². The van der Waals surface area contributed by atoms with E-state index in [9.17, 15) is 27.2 Å². The maximum Gasteiger partial charge on any atom is 0.417 e. The first kappa shape index (κ1) is 29.7. The maximum atomic E-state index is 15.3. The van der Waals surface area contributed by atoms with E-state index >= 15 is 4.39 Å². The Balaban J connectivity index is 1.79. The summed E-state index contributed by atoms with van der Waals surface area (Å²) in [7, 11) is 1.02. The average molecular weight is 580 g/mol. The fourth-order valence-corrected chi connectivity index (χ4v) is 4.78. The van der Waals surface area contributed by atoms with Crippen molar-refractivity contribution in [3.05, 3.63) is 83.2 Å². The van der Waals surface area contributed by atoms with Crippen LogP contribution in [0.5, 0.6) is 11.5 Å². The lowest BCUT2D eigenvalue weighted by atomic mass is 9.76. The predicted octanol–water partition coefficient (Wildman–Crippen LogP) is 5.12. The molecule has 1 aromatic heterocycles. The topological polar surface area (TPSA) is 113 Å². The highest BCUT2D eigenvalue weighted by atomic mass is 19.4. The van der Waals surface area contributed by atoms with Crippen molar-refractivity contribution in [3.8, 4) is 11.5 Å². The zero-order chi connectivity index (χ0) is 30.1. The fraction of sp³-hybridized carbons (Fsp3) is 0.321. The second kappa shape index (κ2) is 11.3. The molecule has 2 amide bonds. The van der Waals surface area contributed by atoms with Gasteiger partial charge < -0.3 is 25.3 Å². The van der Waals surface area contributed by atoms with Gasteiger partial charge in [-0.1, -0.05) is 37.3 Å². The van der Waals surface area contributed by atoms with Crippen LogP contribution in [0.2, 0.25) is 0 Å². The zero-order valence-electron chi connectivity index (χ0n) is 22.1. The Morgan fingerprint density at radius 2 is 1.80 bits per heavy atom. The summed E-state index contributed by atoms with van der Waals surface area (Å²) < 4.78 is 89.1. The van der Waals surface area contributed by atoms with Crippen molar-refractivity contribution in [1.82, 2.24) is 4.98 Å². The molecular formula is C28H26F5N3O5. The Kier molecular flexibility index (Phi) is 8.20. The third-order valence-electron chi connectivity index (χ3n) is 7.16. The molecule has 8 nitrogen and oxygen atoms in total. The molecule has 13 heteroatoms. The van der Waals surface area contributed by atoms with Gasteiger partial charge in [0.05, 0.1) is 7.11 Å². The SMILES string of the molecule is COc1c([C@H]2[C@H](C(=O)Nc3ccnc(C(N)=O)c3)O[C@@](C)(C(F)(F)F)[C@H]2C)cc(OCc2ccccc2)c(F)c1F. The second-order valence-electron chi connectivity index (χ2n) is 9.64. The number of pyridine rings is 1. The van der Waals surface area contributed by atoms with Crippen LogP contribution in [0.4, 0.5) is 27.6 Å². The third kappa shape index (κ3) is 5.67. The summed E-state index contributed by atoms with van der Waals surface area (Å²) in [6, 6.07) is 12.0. The maximum absolute atomic E-state index is 15.3. The predicted molar refractivity (Wildman–Crippen MR) is 136 cm³/mol. The van der Waals surface area contributed by atoms with Crippen molar-refractivity contribution < 1.29 is 45.8 Å². The van der Waals surface area contributed by atoms with Gasteiger partial charge in [0.25, 0.3) is 11.8 Å². The number of primary amides is 1. The van der Waals surface area contributed by atoms with Crippen molar-refractivity contribution in [2.75, 3.05) is 12.4 Å². The fourth-order valence-electron chi connectivity index (χ4n) is 4.78. The van der Waals surface area contributed by atoms with Crippen molar-refractivity contribution in [3.63, 3.8) is 0 Å². The van der Waals surface area contributed by atoms with Crippen LogP contribution >= 0.6 is 0 Å². The number of ether oxygens (including phenoxy) is 3. The Bertz CT molecular complexity index is 1450. The Morgan fingerprint density at radius 3 is 2.41 bits per heavy atom. The summed E-state index contributed by atoms with van der Waals surface area (Å²) >= 11 is 0. The standard InChI is InChI=1S/C28H26F5N3O5/c1-14-20(17-12-19(21(29)22(30)23(17)39-3)40-13-15-7-5-4-6-8-15)24(41-27(14,2)28(31,32)33)26(38)36-16-9-10-35-18(11-16)25(34)37/h4-12,14,20,24H,13H2,1-3H3,(H2,34,37)(H,35,36,38)/t14-,20-,24+,27+/m0/s1. The number of halogens is 5. The minimum atomic E-state index is -4.95. The van der Waals surface area contributed by atoms with Crippen LogP contribution in [-0.4, -0.2) is 41.8 Å². The van der Waals surface area contributed by atoms with E-state index in [2.05, 4.69) is 10.3 Å². The lowest BCUT2D eigenvalue weighted by Crippen LogP contribution is -2.47. The van der Waals surface area contributed by atoms with Crippen molar-refractivity contribution in [1.29, 1.82) is 0 Å². The first-order valence-electron chi connectivity index (χ1n) is 12.3. The molecule has 0 unspecified atom stereocenters. The molecule has 0 radical (unpaired) electrons. The summed E-state index contributed by atoms with van der Waals surface area (Å²) in [5, 5.41) is 2.39. The average Bonchev–Trinajstić information content (AvgIpc) is 3.21. The van der Waals surface area contributed by atoms with Gasteiger partial charge in [-0.05, 0) is 30.7 Å². The summed E-state index contributed by atoms with van der Waals surface area (Å²) in [6.45, 7) is 1.79. The number of aromatic nitrogens is 1. The first-order chi connectivity index (χ1) is 19.3. The number of hydrogen-bond acceptors (Lipinski definition) is 6. The smallest absolute Gasteiger partial charge is 0.417 e. The molecule has 0 bridgehead atoms. The quantitative estimate of drug-likeness (QED) is 0.358. The molecule has 1 fully saturated rings. The lowest BCUT2D eigenvalue weighted by molar-refractivity contribution is -0.272. The second-order valence-corrected chi connectivity index (χ2v) is 9.64. The Labute approximate surface area is 231 Å². The van der Waals surface area contributed by atoms with E-state index in [1.165, 1.54) is 19.2 Å². The zero-order valence-corrected chi connectivity index (χ0v) is 22.1. The van der Waals surface area contributed by atoms with E-state index in [0.29, 0.717) is 5.56 Å². The molecule has 41 heavy (non-hydrogen) atoms. The van der Waals surface area contributed by atoms with Crippen molar-refractivity contribution in [2.24, 2.45) is 11.7 Å². The van der Waals surface area contributed by atoms with Gasteiger partial charge in [0.1, 0.15) is 18.4 Å². The van der Waals surface area contributed by atoms with Crippen LogP contribution in [0, 0.1) is 17.6 Å². The van der Waals surface area contributed by atoms with Crippen molar-refractivity contribution >= 4 is 17.5 Å². The first-order valence-corrected chi connectivity index (χ1v) is 12.3. The number of nitrogens with two attached hydrogens (primary N) is 1. The summed E-state index contributed by atoms with van der Waals surface area (Å²) in [6.07, 6.45) is -5.64. The van der Waals surface area contributed by atoms with Crippen LogP contribution < -0.4 is 20.5 Å². The highest BCUT2D eigenvalue weighted by Gasteiger charge is 2.66. The normalized spacial score (nSPS) is 22.3. The van der Waals surface area contributed by atoms with Crippen molar-refractivity contribution in [2.45, 2.75) is 44.3 Å². The minimum absolute atomic E-state index is 0.00134. The molecule has 0 saturated carbocycles. The molecule has 2 aromatic carbocycles. The highest BCUT2D eigenvalue weighted by molar-refractivity contribution is 5.97. The molecule has 1 aliphatic heterocycles. The van der Waals surface area contributed by atoms with Gasteiger partial charge in [0, 0.05) is 29.3 Å². The summed E-state index contributed by atoms with van der Waals surface area (Å²) in [5.41, 5.74) is 2.50. The lowest BCUT2D eigenvalue weighted by Gasteiger charge is -2.32. The van der Waals surface area contributed by atoms with E-state index in [4.69, 9.17) is 19.9 Å². The molecule has 0 aliphatic carbocycles. The van der Waals surface area contributed by atoms with E-state index in [1.807, 2.05) is 0 Å². The molecule has 0 spiro atoms. The monoisotopic (exact) mass is 579 g/mol. The molecule has 4 atom stereocenters. The van der Waals surface area contributed by atoms with E-state index in [1.54, 1.807) is 30.3 Å². The van der Waals surface area contributed by atoms with Gasteiger partial charge >= 0.3 is 6.18 Å². The van der Waals surface area contributed by atoms with Gasteiger partial charge in [0.15, 0.2) is 17.1 Å². The van der Waals surface area contributed by atoms with E-state index in [-0.39, 0.29) is 23.6 Å². The molecule has 3 N–H and O–H groups in total. The van der Waals surface area contributed by atoms with Crippen LogP contribution in [0.15, 0.2) is 54.7 Å². The van der Waals surface area contributed by atoms with Crippen LogP contribution in [0.25, 0.3) is 0 Å². The molecule has 1 aliphatic rings. The van der Waals surface area contributed by atoms with E-state index < -0.39 is 64.7 Å². The highest BCUT2D eigenvalue weighted by Crippen LogP contribution is 2.55. The van der Waals surface area contributed by atoms with E-state index in [0.717, 1.165) is 26.2 Å². The molecular weight excluding hydrogens is 553 g/mol. The number of amides is 2. The minimum Gasteiger partial charge on any atom is -0.493 e. The number of methoxy groups -OCH3 is 1. The largest absolute Gasteiger partial charge is 0.493 e. The van der Waals surface area contributed by atoms with Gasteiger partial charge in [-0.25, -0.2) is 0 Å². The van der Waals surface area contributed by atoms with Gasteiger partial charge in [-0.3, -0.25) is 14.6 Å². The molecule has 3 aromatic rings. The summed E-state index contributed by atoms with van der Waals surface area (Å²) in [5.74, 6) is -9.11. The molecule has 4 rings (SSSR count). The third-order valence-corrected chi connectivity index (χ3v) is 7.16. The van der Waals surface area contributed by atoms with Crippen LogP contribution in [-0.2, 0) is 16.1 Å². The van der Waals surface area contributed by atoms with Gasteiger partial charge in [0.2, 0.25) is 11.6 Å². The number of nitrogens with zero attached hydrogens (tertiary/aromatic N) is 1. The number of benzene rings is 2.